The van der Waals surface area contributed by atoms with Crippen LogP contribution in [0.5, 0.6) is 0 Å². The average molecular weight is 259 g/mol. The van der Waals surface area contributed by atoms with Crippen molar-refractivity contribution >= 4 is 15.9 Å². The van der Waals surface area contributed by atoms with Gasteiger partial charge in [0, 0.05) is 0 Å². The smallest absolute Gasteiger partial charge is 0.410 e. The minimum absolute atomic E-state index is 0.231. The first-order valence-corrected chi connectivity index (χ1v) is 7.99. The number of rotatable bonds is 1. The first-order valence-electron chi connectivity index (χ1n) is 6.17. The molecule has 0 spiro atoms. The minimum atomic E-state index is -2.81. The van der Waals surface area contributed by atoms with Crippen LogP contribution in [0.25, 0.3) is 0 Å². The molecule has 17 heavy (non-hydrogen) atoms. The summed E-state index contributed by atoms with van der Waals surface area (Å²) >= 11 is 0. The van der Waals surface area contributed by atoms with Crippen LogP contribution in [0.4, 0.5) is 4.79 Å². The Kier molecular flexibility index (Phi) is 2.40. The van der Waals surface area contributed by atoms with Gasteiger partial charge in [0.25, 0.3) is 0 Å². The van der Waals surface area contributed by atoms with Crippen molar-refractivity contribution in [3.05, 3.63) is 0 Å². The Morgan fingerprint density at radius 2 is 1.76 bits per heavy atom. The molecular formula is C11H17NO4S. The third-order valence-electron chi connectivity index (χ3n) is 4.24. The van der Waals surface area contributed by atoms with Gasteiger partial charge in [-0.3, -0.25) is 4.90 Å². The second-order valence-electron chi connectivity index (χ2n) is 5.31. The van der Waals surface area contributed by atoms with Gasteiger partial charge in [-0.05, 0) is 31.6 Å². The Morgan fingerprint density at radius 3 is 2.24 bits per heavy atom. The molecule has 0 aromatic rings. The molecule has 0 N–H and O–H groups in total. The van der Waals surface area contributed by atoms with Gasteiger partial charge in [0.1, 0.15) is 0 Å². The van der Waals surface area contributed by atoms with E-state index in [1.807, 2.05) is 0 Å². The molecule has 96 valence electrons. The van der Waals surface area contributed by atoms with E-state index in [2.05, 4.69) is 0 Å². The normalized spacial score (nSPS) is 41.6. The Labute approximate surface area is 101 Å². The van der Waals surface area contributed by atoms with Crippen molar-refractivity contribution in [3.63, 3.8) is 0 Å². The van der Waals surface area contributed by atoms with E-state index in [4.69, 9.17) is 4.74 Å². The second-order valence-corrected chi connectivity index (χ2v) is 7.46. The number of sulfone groups is 1. The molecule has 3 aliphatic rings. The zero-order chi connectivity index (χ0) is 12.2. The van der Waals surface area contributed by atoms with E-state index in [1.165, 1.54) is 0 Å². The molecule has 1 amide bonds. The van der Waals surface area contributed by atoms with Crippen LogP contribution in [-0.4, -0.2) is 49.6 Å². The van der Waals surface area contributed by atoms with Gasteiger partial charge < -0.3 is 4.74 Å². The second kappa shape index (κ2) is 3.60. The van der Waals surface area contributed by atoms with Crippen molar-refractivity contribution in [3.8, 4) is 0 Å². The molecule has 1 saturated carbocycles. The first kappa shape index (κ1) is 11.3. The van der Waals surface area contributed by atoms with Crippen molar-refractivity contribution in [1.82, 2.24) is 4.90 Å². The summed E-state index contributed by atoms with van der Waals surface area (Å²) in [5.41, 5.74) is 0. The lowest BCUT2D eigenvalue weighted by Gasteiger charge is -2.19. The van der Waals surface area contributed by atoms with Crippen molar-refractivity contribution < 1.29 is 17.9 Å². The zero-order valence-electron chi connectivity index (χ0n) is 9.83. The van der Waals surface area contributed by atoms with Crippen LogP contribution in [0, 0.1) is 11.8 Å². The molecule has 2 heterocycles. The van der Waals surface area contributed by atoms with Crippen LogP contribution in [-0.2, 0) is 14.6 Å². The number of likely N-dealkylation sites (tertiary alicyclic amines) is 1. The molecule has 0 radical (unpaired) electrons. The largest absolute Gasteiger partial charge is 0.450 e. The third kappa shape index (κ3) is 1.82. The quantitative estimate of drug-likeness (QED) is 0.649. The topological polar surface area (TPSA) is 63.5 Å². The molecule has 3 rings (SSSR count). The molecular weight excluding hydrogens is 242 g/mol. The summed E-state index contributed by atoms with van der Waals surface area (Å²) < 4.78 is 28.1. The van der Waals surface area contributed by atoms with Crippen LogP contribution >= 0.6 is 0 Å². The molecule has 0 bridgehead atoms. The SMILES string of the molecule is CCOC(=O)N1C2C[C@@H]3CS(=O)(=O)C[C@@H]3CC21. The number of fused-ring (bicyclic) bond motifs is 2. The Balaban J connectivity index is 1.66. The third-order valence-corrected chi connectivity index (χ3v) is 6.11. The molecule has 6 heteroatoms. The molecule has 2 unspecified atom stereocenters. The van der Waals surface area contributed by atoms with Gasteiger partial charge in [-0.15, -0.1) is 0 Å². The number of ether oxygens (including phenoxy) is 1. The molecule has 4 atom stereocenters. The van der Waals surface area contributed by atoms with Crippen LogP contribution in [0.2, 0.25) is 0 Å². The number of carbonyl (C=O) groups excluding carboxylic acids is 1. The maximum atomic E-state index is 11.6. The fourth-order valence-electron chi connectivity index (χ4n) is 3.48. The lowest BCUT2D eigenvalue weighted by atomic mass is 9.82. The van der Waals surface area contributed by atoms with Crippen molar-refractivity contribution in [2.45, 2.75) is 31.8 Å². The van der Waals surface area contributed by atoms with Gasteiger partial charge >= 0.3 is 6.09 Å². The molecule has 5 nitrogen and oxygen atoms in total. The maximum absolute atomic E-state index is 11.6. The van der Waals surface area contributed by atoms with Crippen LogP contribution in [0.3, 0.4) is 0 Å². The van der Waals surface area contributed by atoms with Gasteiger partial charge in [-0.2, -0.15) is 0 Å². The lowest BCUT2D eigenvalue weighted by Crippen LogP contribution is -2.22. The highest BCUT2D eigenvalue weighted by molar-refractivity contribution is 7.91. The number of carbonyl (C=O) groups is 1. The highest BCUT2D eigenvalue weighted by Crippen LogP contribution is 2.49. The molecule has 0 aromatic carbocycles. The van der Waals surface area contributed by atoms with Gasteiger partial charge in [0.2, 0.25) is 0 Å². The summed E-state index contributed by atoms with van der Waals surface area (Å²) in [4.78, 5) is 13.4. The Bertz CT molecular complexity index is 420. The van der Waals surface area contributed by atoms with E-state index in [1.54, 1.807) is 11.8 Å². The fraction of sp³-hybridized carbons (Fsp3) is 0.909. The summed E-state index contributed by atoms with van der Waals surface area (Å²) in [6, 6.07) is 0.479. The van der Waals surface area contributed by atoms with E-state index in [-0.39, 0.29) is 30.0 Å². The monoisotopic (exact) mass is 259 g/mol. The summed E-state index contributed by atoms with van der Waals surface area (Å²) in [5.74, 6) is 1.16. The van der Waals surface area contributed by atoms with Gasteiger partial charge in [-0.25, -0.2) is 13.2 Å². The van der Waals surface area contributed by atoms with Crippen LogP contribution in [0.1, 0.15) is 19.8 Å². The molecule has 2 aliphatic heterocycles. The summed E-state index contributed by atoms with van der Waals surface area (Å²) in [6.07, 6.45) is 1.45. The minimum Gasteiger partial charge on any atom is -0.450 e. The van der Waals surface area contributed by atoms with Gasteiger partial charge in [0.15, 0.2) is 9.84 Å². The van der Waals surface area contributed by atoms with Gasteiger partial charge in [-0.1, -0.05) is 0 Å². The van der Waals surface area contributed by atoms with E-state index in [0.717, 1.165) is 12.8 Å². The lowest BCUT2D eigenvalue weighted by molar-refractivity contribution is 0.132. The van der Waals surface area contributed by atoms with Crippen molar-refractivity contribution in [1.29, 1.82) is 0 Å². The zero-order valence-corrected chi connectivity index (χ0v) is 10.6. The number of hydrogen-bond donors (Lipinski definition) is 0. The van der Waals surface area contributed by atoms with E-state index in [9.17, 15) is 13.2 Å². The van der Waals surface area contributed by atoms with Gasteiger partial charge in [0.05, 0.1) is 30.2 Å². The summed E-state index contributed by atoms with van der Waals surface area (Å²) in [5, 5.41) is 0. The Morgan fingerprint density at radius 1 is 1.24 bits per heavy atom. The van der Waals surface area contributed by atoms with E-state index in [0.29, 0.717) is 18.1 Å². The van der Waals surface area contributed by atoms with E-state index < -0.39 is 9.84 Å². The van der Waals surface area contributed by atoms with Crippen LogP contribution in [0.15, 0.2) is 0 Å². The maximum Gasteiger partial charge on any atom is 0.410 e. The van der Waals surface area contributed by atoms with E-state index >= 15 is 0 Å². The Hall–Kier alpha value is -0.780. The summed E-state index contributed by atoms with van der Waals surface area (Å²) in [7, 11) is -2.81. The standard InChI is InChI=1S/C11H17NO4S/c1-2-16-11(13)12-9-3-7-5-17(14,15)6-8(7)4-10(9)12/h7-10H,2-6H2,1H3/t7-,8+,9?,10?,12?. The predicted octanol–water partition coefficient (Wildman–Crippen LogP) is 0.650. The summed E-state index contributed by atoms with van der Waals surface area (Å²) in [6.45, 7) is 2.20. The molecule has 3 fully saturated rings. The molecule has 1 aliphatic carbocycles. The molecule has 2 saturated heterocycles. The van der Waals surface area contributed by atoms with Crippen LogP contribution < -0.4 is 0 Å². The highest BCUT2D eigenvalue weighted by Gasteiger charge is 2.59. The molecule has 0 aromatic heterocycles. The van der Waals surface area contributed by atoms with Crippen molar-refractivity contribution in [2.75, 3.05) is 18.1 Å². The predicted molar refractivity (Wildman–Crippen MR) is 61.3 cm³/mol. The number of hydrogen-bond acceptors (Lipinski definition) is 4. The number of nitrogens with zero attached hydrogens (tertiary/aromatic N) is 1. The number of amides is 1. The van der Waals surface area contributed by atoms with Crippen molar-refractivity contribution in [2.24, 2.45) is 11.8 Å². The fourth-order valence-corrected chi connectivity index (χ4v) is 5.74. The highest BCUT2D eigenvalue weighted by atomic mass is 32.2. The first-order chi connectivity index (χ1) is 8.02. The average Bonchev–Trinajstić information content (AvgIpc) is 2.81.